The molecule has 0 radical (unpaired) electrons. The standard InChI is InChI=1S/C17H20ClN5OS/c1-23-8-20-22-17(23)25-13-5-4-11(7-12(13)18)21-16(24)14-9-2-3-10(6-9)15(14)19/h4-5,7-10,14-15H,2-3,6,19H2,1H3,(H,21,24). The fourth-order valence-corrected chi connectivity index (χ4v) is 5.14. The Morgan fingerprint density at radius 3 is 2.84 bits per heavy atom. The van der Waals surface area contributed by atoms with Crippen LogP contribution in [0.1, 0.15) is 19.3 Å². The molecule has 2 fully saturated rings. The molecule has 0 spiro atoms. The lowest BCUT2D eigenvalue weighted by atomic mass is 9.84. The van der Waals surface area contributed by atoms with Gasteiger partial charge in [-0.2, -0.15) is 0 Å². The highest BCUT2D eigenvalue weighted by molar-refractivity contribution is 7.99. The summed E-state index contributed by atoms with van der Waals surface area (Å²) in [5.74, 6) is 0.880. The molecule has 4 rings (SSSR count). The average Bonchev–Trinajstić information content (AvgIpc) is 3.27. The number of nitrogens with zero attached hydrogens (tertiary/aromatic N) is 3. The summed E-state index contributed by atoms with van der Waals surface area (Å²) in [5.41, 5.74) is 6.96. The van der Waals surface area contributed by atoms with Gasteiger partial charge in [-0.25, -0.2) is 0 Å². The van der Waals surface area contributed by atoms with Gasteiger partial charge in [-0.05, 0) is 61.1 Å². The van der Waals surface area contributed by atoms with Crippen molar-refractivity contribution < 1.29 is 4.79 Å². The first-order valence-corrected chi connectivity index (χ1v) is 9.60. The molecule has 2 aliphatic carbocycles. The number of carbonyl (C=O) groups is 1. The molecule has 4 atom stereocenters. The second-order valence-corrected chi connectivity index (χ2v) is 8.31. The minimum Gasteiger partial charge on any atom is -0.327 e. The summed E-state index contributed by atoms with van der Waals surface area (Å²) in [6.45, 7) is 0. The van der Waals surface area contributed by atoms with Crippen molar-refractivity contribution in [2.75, 3.05) is 5.32 Å². The Morgan fingerprint density at radius 1 is 1.40 bits per heavy atom. The van der Waals surface area contributed by atoms with Gasteiger partial charge in [-0.15, -0.1) is 10.2 Å². The number of hydrogen-bond acceptors (Lipinski definition) is 5. The number of aromatic nitrogens is 3. The summed E-state index contributed by atoms with van der Waals surface area (Å²) in [6, 6.07) is 5.51. The molecule has 2 aromatic rings. The summed E-state index contributed by atoms with van der Waals surface area (Å²) >= 11 is 7.81. The van der Waals surface area contributed by atoms with Crippen LogP contribution in [0, 0.1) is 17.8 Å². The van der Waals surface area contributed by atoms with E-state index in [4.69, 9.17) is 17.3 Å². The van der Waals surface area contributed by atoms with Gasteiger partial charge in [0.25, 0.3) is 0 Å². The number of rotatable bonds is 4. The molecule has 1 aromatic heterocycles. The van der Waals surface area contributed by atoms with Crippen LogP contribution in [0.25, 0.3) is 0 Å². The largest absolute Gasteiger partial charge is 0.327 e. The van der Waals surface area contributed by atoms with Gasteiger partial charge in [-0.3, -0.25) is 4.79 Å². The quantitative estimate of drug-likeness (QED) is 0.855. The molecule has 6 nitrogen and oxygen atoms in total. The van der Waals surface area contributed by atoms with Crippen molar-refractivity contribution in [2.24, 2.45) is 30.5 Å². The molecule has 1 amide bonds. The maximum absolute atomic E-state index is 12.7. The van der Waals surface area contributed by atoms with Gasteiger partial charge in [-0.1, -0.05) is 11.6 Å². The molecule has 1 heterocycles. The van der Waals surface area contributed by atoms with Crippen LogP contribution in [0.4, 0.5) is 5.69 Å². The first-order valence-electron chi connectivity index (χ1n) is 8.41. The number of anilines is 1. The van der Waals surface area contributed by atoms with Crippen molar-refractivity contribution in [2.45, 2.75) is 35.4 Å². The van der Waals surface area contributed by atoms with Crippen molar-refractivity contribution in [3.8, 4) is 0 Å². The van der Waals surface area contributed by atoms with E-state index in [0.717, 1.165) is 29.3 Å². The van der Waals surface area contributed by atoms with Crippen molar-refractivity contribution in [3.63, 3.8) is 0 Å². The van der Waals surface area contributed by atoms with Gasteiger partial charge >= 0.3 is 0 Å². The van der Waals surface area contributed by atoms with E-state index in [2.05, 4.69) is 15.5 Å². The molecule has 0 saturated heterocycles. The Hall–Kier alpha value is -1.57. The monoisotopic (exact) mass is 377 g/mol. The lowest BCUT2D eigenvalue weighted by molar-refractivity contribution is -0.121. The molecule has 0 aliphatic heterocycles. The zero-order valence-electron chi connectivity index (χ0n) is 13.9. The second kappa shape index (κ2) is 6.63. The van der Waals surface area contributed by atoms with Crippen LogP contribution in [-0.2, 0) is 11.8 Å². The Bertz CT molecular complexity index is 808. The molecule has 25 heavy (non-hydrogen) atoms. The Balaban J connectivity index is 1.46. The van der Waals surface area contributed by atoms with E-state index >= 15 is 0 Å². The van der Waals surface area contributed by atoms with Crippen LogP contribution in [0.5, 0.6) is 0 Å². The van der Waals surface area contributed by atoms with Crippen LogP contribution in [0.15, 0.2) is 34.6 Å². The normalized spacial score (nSPS) is 27.6. The van der Waals surface area contributed by atoms with E-state index in [1.165, 1.54) is 11.8 Å². The minimum atomic E-state index is -0.0785. The Kier molecular flexibility index (Phi) is 4.47. The van der Waals surface area contributed by atoms with Gasteiger partial charge in [0.2, 0.25) is 5.91 Å². The number of amides is 1. The summed E-state index contributed by atoms with van der Waals surface area (Å²) in [7, 11) is 1.88. The lowest BCUT2D eigenvalue weighted by Gasteiger charge is -2.27. The highest BCUT2D eigenvalue weighted by Crippen LogP contribution is 2.48. The van der Waals surface area contributed by atoms with Crippen LogP contribution < -0.4 is 11.1 Å². The van der Waals surface area contributed by atoms with Gasteiger partial charge in [0.05, 0.1) is 10.9 Å². The van der Waals surface area contributed by atoms with Crippen LogP contribution >= 0.6 is 23.4 Å². The predicted molar refractivity (Wildman–Crippen MR) is 97.5 cm³/mol. The van der Waals surface area contributed by atoms with Crippen molar-refractivity contribution in [3.05, 3.63) is 29.5 Å². The van der Waals surface area contributed by atoms with E-state index < -0.39 is 0 Å². The predicted octanol–water partition coefficient (Wildman–Crippen LogP) is 2.93. The third kappa shape index (κ3) is 3.16. The number of hydrogen-bond donors (Lipinski definition) is 2. The summed E-state index contributed by atoms with van der Waals surface area (Å²) in [4.78, 5) is 13.5. The average molecular weight is 378 g/mol. The minimum absolute atomic E-state index is 0.0139. The van der Waals surface area contributed by atoms with Gasteiger partial charge in [0.1, 0.15) is 6.33 Å². The topological polar surface area (TPSA) is 85.8 Å². The van der Waals surface area contributed by atoms with E-state index in [-0.39, 0.29) is 17.9 Å². The third-order valence-electron chi connectivity index (χ3n) is 5.35. The maximum atomic E-state index is 12.7. The summed E-state index contributed by atoms with van der Waals surface area (Å²) < 4.78 is 1.83. The number of benzene rings is 1. The Morgan fingerprint density at radius 2 is 2.20 bits per heavy atom. The molecule has 2 aliphatic rings. The number of nitrogens with one attached hydrogen (secondary N) is 1. The maximum Gasteiger partial charge on any atom is 0.229 e. The highest BCUT2D eigenvalue weighted by Gasteiger charge is 2.49. The molecule has 2 saturated carbocycles. The molecule has 2 bridgehead atoms. The van der Waals surface area contributed by atoms with Gasteiger partial charge in [0, 0.05) is 23.7 Å². The van der Waals surface area contributed by atoms with E-state index in [1.54, 1.807) is 12.4 Å². The van der Waals surface area contributed by atoms with Gasteiger partial charge < -0.3 is 15.6 Å². The zero-order chi connectivity index (χ0) is 17.6. The number of nitrogens with two attached hydrogens (primary N) is 1. The summed E-state index contributed by atoms with van der Waals surface area (Å²) in [6.07, 6.45) is 5.01. The van der Waals surface area contributed by atoms with Crippen LogP contribution in [0.3, 0.4) is 0 Å². The molecule has 132 valence electrons. The van der Waals surface area contributed by atoms with E-state index in [1.807, 2.05) is 23.7 Å². The highest BCUT2D eigenvalue weighted by atomic mass is 35.5. The van der Waals surface area contributed by atoms with E-state index in [0.29, 0.717) is 22.5 Å². The summed E-state index contributed by atoms with van der Waals surface area (Å²) in [5, 5.41) is 12.2. The number of carbonyl (C=O) groups excluding carboxylic acids is 1. The molecule has 3 N–H and O–H groups in total. The lowest BCUT2D eigenvalue weighted by Crippen LogP contribution is -2.42. The molecule has 8 heteroatoms. The number of fused-ring (bicyclic) bond motifs is 2. The van der Waals surface area contributed by atoms with Crippen molar-refractivity contribution >= 4 is 35.0 Å². The van der Waals surface area contributed by atoms with Gasteiger partial charge in [0.15, 0.2) is 5.16 Å². The van der Waals surface area contributed by atoms with Crippen molar-refractivity contribution in [1.82, 2.24) is 14.8 Å². The third-order valence-corrected chi connectivity index (χ3v) is 6.91. The molecular formula is C17H20ClN5OS. The smallest absolute Gasteiger partial charge is 0.229 e. The molecule has 4 unspecified atom stereocenters. The van der Waals surface area contributed by atoms with Crippen LogP contribution in [0.2, 0.25) is 5.02 Å². The SMILES string of the molecule is Cn1cnnc1Sc1ccc(NC(=O)C2C3CCC(C3)C2N)cc1Cl. The second-order valence-electron chi connectivity index (χ2n) is 6.90. The number of aryl methyl sites for hydroxylation is 1. The molecular weight excluding hydrogens is 358 g/mol. The zero-order valence-corrected chi connectivity index (χ0v) is 15.4. The molecule has 1 aromatic carbocycles. The fraction of sp³-hybridized carbons (Fsp3) is 0.471. The first-order chi connectivity index (χ1) is 12.0. The fourth-order valence-electron chi connectivity index (χ4n) is 4.08. The number of halogens is 1. The van der Waals surface area contributed by atoms with E-state index in [9.17, 15) is 4.79 Å². The Labute approximate surface area is 155 Å². The van der Waals surface area contributed by atoms with Crippen LogP contribution in [-0.4, -0.2) is 26.7 Å². The van der Waals surface area contributed by atoms with Crippen molar-refractivity contribution in [1.29, 1.82) is 0 Å². The first kappa shape index (κ1) is 16.9.